The van der Waals surface area contributed by atoms with Crippen LogP contribution in [0.3, 0.4) is 0 Å². The molecule has 0 aromatic heterocycles. The highest BCUT2D eigenvalue weighted by Crippen LogP contribution is 2.28. The zero-order chi connectivity index (χ0) is 15.5. The summed E-state index contributed by atoms with van der Waals surface area (Å²) in [7, 11) is 0. The van der Waals surface area contributed by atoms with Crippen molar-refractivity contribution < 1.29 is 4.79 Å². The van der Waals surface area contributed by atoms with Crippen molar-refractivity contribution in [3.05, 3.63) is 70.7 Å². The number of nitrogens with zero attached hydrogens (tertiary/aromatic N) is 1. The van der Waals surface area contributed by atoms with E-state index in [2.05, 4.69) is 6.07 Å². The molecule has 2 atom stereocenters. The first-order valence-electron chi connectivity index (χ1n) is 7.49. The Balaban J connectivity index is 1.80. The number of likely N-dealkylation sites (tertiary alicyclic amines) is 1. The van der Waals surface area contributed by atoms with Crippen LogP contribution in [0.15, 0.2) is 54.6 Å². The van der Waals surface area contributed by atoms with E-state index in [1.807, 2.05) is 53.4 Å². The number of carbonyl (C=O) groups is 1. The Morgan fingerprint density at radius 1 is 1.09 bits per heavy atom. The minimum atomic E-state index is -0.00889. The van der Waals surface area contributed by atoms with Gasteiger partial charge in [0.15, 0.2) is 0 Å². The van der Waals surface area contributed by atoms with E-state index in [0.29, 0.717) is 18.7 Å². The van der Waals surface area contributed by atoms with Crippen LogP contribution in [-0.2, 0) is 0 Å². The molecular weight excluding hydrogens is 296 g/mol. The quantitative estimate of drug-likeness (QED) is 0.924. The SMILES string of the molecule is NC1CC(c2cccc(Cl)c2)CN(C(=O)c2ccccc2)C1. The molecule has 114 valence electrons. The second-order valence-corrected chi connectivity index (χ2v) is 6.26. The van der Waals surface area contributed by atoms with E-state index in [1.165, 1.54) is 0 Å². The summed E-state index contributed by atoms with van der Waals surface area (Å²) in [6, 6.07) is 17.2. The third kappa shape index (κ3) is 3.32. The van der Waals surface area contributed by atoms with Crippen molar-refractivity contribution in [2.24, 2.45) is 5.73 Å². The lowest BCUT2D eigenvalue weighted by atomic mass is 9.88. The van der Waals surface area contributed by atoms with Crippen LogP contribution in [0.2, 0.25) is 5.02 Å². The van der Waals surface area contributed by atoms with E-state index < -0.39 is 0 Å². The van der Waals surface area contributed by atoms with Gasteiger partial charge < -0.3 is 10.6 Å². The Labute approximate surface area is 135 Å². The predicted molar refractivity (Wildman–Crippen MR) is 89.1 cm³/mol. The van der Waals surface area contributed by atoms with Crippen molar-refractivity contribution in [2.45, 2.75) is 18.4 Å². The number of amides is 1. The van der Waals surface area contributed by atoms with Gasteiger partial charge in [0.25, 0.3) is 5.91 Å². The topological polar surface area (TPSA) is 46.3 Å². The first-order chi connectivity index (χ1) is 10.6. The molecule has 0 radical (unpaired) electrons. The van der Waals surface area contributed by atoms with Crippen LogP contribution >= 0.6 is 11.6 Å². The Bertz CT molecular complexity index is 659. The highest BCUT2D eigenvalue weighted by Gasteiger charge is 2.29. The Morgan fingerprint density at radius 2 is 1.86 bits per heavy atom. The zero-order valence-electron chi connectivity index (χ0n) is 12.3. The fraction of sp³-hybridized carbons (Fsp3) is 0.278. The van der Waals surface area contributed by atoms with Gasteiger partial charge >= 0.3 is 0 Å². The lowest BCUT2D eigenvalue weighted by molar-refractivity contribution is 0.0689. The molecule has 1 saturated heterocycles. The van der Waals surface area contributed by atoms with Gasteiger partial charge in [0.2, 0.25) is 0 Å². The summed E-state index contributed by atoms with van der Waals surface area (Å²) in [6.07, 6.45) is 0.874. The molecule has 0 spiro atoms. The zero-order valence-corrected chi connectivity index (χ0v) is 13.0. The molecule has 0 aliphatic carbocycles. The molecule has 2 unspecified atom stereocenters. The lowest BCUT2D eigenvalue weighted by Gasteiger charge is -2.36. The highest BCUT2D eigenvalue weighted by molar-refractivity contribution is 6.30. The average molecular weight is 315 g/mol. The molecule has 1 aliphatic rings. The van der Waals surface area contributed by atoms with Crippen molar-refractivity contribution in [1.82, 2.24) is 4.90 Å². The van der Waals surface area contributed by atoms with E-state index in [1.54, 1.807) is 0 Å². The molecule has 0 saturated carbocycles. The van der Waals surface area contributed by atoms with Gasteiger partial charge in [0.05, 0.1) is 0 Å². The summed E-state index contributed by atoms with van der Waals surface area (Å²) in [5.74, 6) is 0.276. The van der Waals surface area contributed by atoms with E-state index >= 15 is 0 Å². The minimum absolute atomic E-state index is 0.00889. The fourth-order valence-corrected chi connectivity index (χ4v) is 3.27. The van der Waals surface area contributed by atoms with Gasteiger partial charge in [-0.05, 0) is 36.2 Å². The molecule has 1 amide bonds. The van der Waals surface area contributed by atoms with Crippen molar-refractivity contribution in [1.29, 1.82) is 0 Å². The van der Waals surface area contributed by atoms with Gasteiger partial charge in [0, 0.05) is 35.6 Å². The van der Waals surface area contributed by atoms with Crippen LogP contribution in [0, 0.1) is 0 Å². The number of piperidine rings is 1. The van der Waals surface area contributed by atoms with Crippen molar-refractivity contribution >= 4 is 17.5 Å². The number of carbonyl (C=O) groups excluding carboxylic acids is 1. The number of halogens is 1. The van der Waals surface area contributed by atoms with Crippen LogP contribution in [0.4, 0.5) is 0 Å². The first-order valence-corrected chi connectivity index (χ1v) is 7.86. The molecule has 2 aromatic carbocycles. The predicted octanol–water partition coefficient (Wildman–Crippen LogP) is 3.30. The largest absolute Gasteiger partial charge is 0.336 e. The minimum Gasteiger partial charge on any atom is -0.336 e. The van der Waals surface area contributed by atoms with Crippen molar-refractivity contribution in [2.75, 3.05) is 13.1 Å². The van der Waals surface area contributed by atoms with E-state index in [9.17, 15) is 4.79 Å². The Kier molecular flexibility index (Phi) is 4.46. The maximum atomic E-state index is 12.6. The smallest absolute Gasteiger partial charge is 0.253 e. The molecule has 1 aliphatic heterocycles. The van der Waals surface area contributed by atoms with Gasteiger partial charge in [-0.3, -0.25) is 4.79 Å². The first kappa shape index (κ1) is 15.1. The molecule has 3 rings (SSSR count). The number of rotatable bonds is 2. The van der Waals surface area contributed by atoms with E-state index in [0.717, 1.165) is 17.0 Å². The van der Waals surface area contributed by atoms with Gasteiger partial charge in [-0.2, -0.15) is 0 Å². The third-order valence-electron chi connectivity index (χ3n) is 4.11. The van der Waals surface area contributed by atoms with Crippen molar-refractivity contribution in [3.8, 4) is 0 Å². The number of hydrogen-bond donors (Lipinski definition) is 1. The summed E-state index contributed by atoms with van der Waals surface area (Å²) in [5, 5.41) is 0.720. The van der Waals surface area contributed by atoms with Crippen LogP contribution in [0.1, 0.15) is 28.3 Å². The monoisotopic (exact) mass is 314 g/mol. The fourth-order valence-electron chi connectivity index (χ4n) is 3.07. The van der Waals surface area contributed by atoms with Crippen LogP contribution in [0.5, 0.6) is 0 Å². The third-order valence-corrected chi connectivity index (χ3v) is 4.35. The maximum absolute atomic E-state index is 12.6. The van der Waals surface area contributed by atoms with Crippen LogP contribution in [-0.4, -0.2) is 29.9 Å². The summed E-state index contributed by atoms with van der Waals surface area (Å²) in [4.78, 5) is 14.5. The molecule has 3 nitrogen and oxygen atoms in total. The average Bonchev–Trinajstić information content (AvgIpc) is 2.54. The number of hydrogen-bond acceptors (Lipinski definition) is 2. The van der Waals surface area contributed by atoms with E-state index in [4.69, 9.17) is 17.3 Å². The van der Waals surface area contributed by atoms with Crippen LogP contribution < -0.4 is 5.73 Å². The van der Waals surface area contributed by atoms with Gasteiger partial charge in [0.1, 0.15) is 0 Å². The molecule has 1 heterocycles. The molecule has 22 heavy (non-hydrogen) atoms. The number of benzene rings is 2. The normalized spacial score (nSPS) is 21.6. The second kappa shape index (κ2) is 6.51. The Morgan fingerprint density at radius 3 is 2.59 bits per heavy atom. The molecule has 2 N–H and O–H groups in total. The van der Waals surface area contributed by atoms with Crippen LogP contribution in [0.25, 0.3) is 0 Å². The Hall–Kier alpha value is -1.84. The highest BCUT2D eigenvalue weighted by atomic mass is 35.5. The molecule has 1 fully saturated rings. The molecular formula is C18H19ClN2O. The summed E-state index contributed by atoms with van der Waals surface area (Å²) < 4.78 is 0. The summed E-state index contributed by atoms with van der Waals surface area (Å²) in [5.41, 5.74) is 8.04. The van der Waals surface area contributed by atoms with E-state index in [-0.39, 0.29) is 17.9 Å². The summed E-state index contributed by atoms with van der Waals surface area (Å²) in [6.45, 7) is 1.28. The molecule has 4 heteroatoms. The molecule has 0 bridgehead atoms. The van der Waals surface area contributed by atoms with Gasteiger partial charge in [-0.1, -0.05) is 41.9 Å². The lowest BCUT2D eigenvalue weighted by Crippen LogP contribution is -2.48. The second-order valence-electron chi connectivity index (χ2n) is 5.82. The van der Waals surface area contributed by atoms with Crippen molar-refractivity contribution in [3.63, 3.8) is 0 Å². The molecule has 2 aromatic rings. The van der Waals surface area contributed by atoms with Gasteiger partial charge in [-0.15, -0.1) is 0 Å². The summed E-state index contributed by atoms with van der Waals surface area (Å²) >= 11 is 6.08. The maximum Gasteiger partial charge on any atom is 0.253 e. The van der Waals surface area contributed by atoms with Gasteiger partial charge in [-0.25, -0.2) is 0 Å². The standard InChI is InChI=1S/C18H19ClN2O/c19-16-8-4-7-14(9-16)15-10-17(20)12-21(11-15)18(22)13-5-2-1-3-6-13/h1-9,15,17H,10-12,20H2. The number of nitrogens with two attached hydrogens (primary N) is 1.